The fourth-order valence-electron chi connectivity index (χ4n) is 3.15. The van der Waals surface area contributed by atoms with Gasteiger partial charge in [-0.1, -0.05) is 40.2 Å². The monoisotopic (exact) mass is 573 g/mol. The molecule has 0 radical (unpaired) electrons. The van der Waals surface area contributed by atoms with Gasteiger partial charge in [-0.15, -0.1) is 0 Å². The van der Waals surface area contributed by atoms with E-state index in [1.807, 2.05) is 31.2 Å². The maximum atomic E-state index is 14.0. The van der Waals surface area contributed by atoms with Crippen molar-refractivity contribution < 1.29 is 23.4 Å². The first kappa shape index (κ1) is 23.2. The highest BCUT2D eigenvalue weighted by molar-refractivity contribution is 9.10. The Morgan fingerprint density at radius 3 is 2.64 bits per heavy atom. The Hall–Kier alpha value is -2.97. The van der Waals surface area contributed by atoms with Crippen LogP contribution in [0.25, 0.3) is 6.08 Å². The summed E-state index contributed by atoms with van der Waals surface area (Å²) in [5, 5.41) is 0. The number of halogens is 3. The first-order chi connectivity index (χ1) is 15.9. The molecular weight excluding hydrogens is 557 g/mol. The lowest BCUT2D eigenvalue weighted by atomic mass is 10.1. The molecule has 0 aliphatic carbocycles. The highest BCUT2D eigenvalue weighted by atomic mass is 79.9. The van der Waals surface area contributed by atoms with Crippen LogP contribution < -0.4 is 9.47 Å². The minimum atomic E-state index is -0.543. The summed E-state index contributed by atoms with van der Waals surface area (Å²) in [5.74, 6) is 0.249. The van der Waals surface area contributed by atoms with Gasteiger partial charge in [-0.2, -0.15) is 0 Å². The molecule has 0 amide bonds. The predicted molar refractivity (Wildman–Crippen MR) is 131 cm³/mol. The van der Waals surface area contributed by atoms with Gasteiger partial charge in [0.1, 0.15) is 12.4 Å². The van der Waals surface area contributed by atoms with Gasteiger partial charge in [-0.3, -0.25) is 0 Å². The summed E-state index contributed by atoms with van der Waals surface area (Å²) >= 11 is 6.90. The third-order valence-electron chi connectivity index (χ3n) is 4.66. The van der Waals surface area contributed by atoms with E-state index >= 15 is 0 Å². The van der Waals surface area contributed by atoms with Crippen molar-refractivity contribution >= 4 is 49.8 Å². The van der Waals surface area contributed by atoms with E-state index in [4.69, 9.17) is 14.2 Å². The van der Waals surface area contributed by atoms with E-state index in [-0.39, 0.29) is 24.0 Å². The molecule has 0 saturated heterocycles. The summed E-state index contributed by atoms with van der Waals surface area (Å²) in [7, 11) is 0. The van der Waals surface area contributed by atoms with Crippen LogP contribution in [0, 0.1) is 5.82 Å². The van der Waals surface area contributed by atoms with E-state index in [0.717, 1.165) is 4.47 Å². The molecule has 0 bridgehead atoms. The highest BCUT2D eigenvalue weighted by Crippen LogP contribution is 2.38. The van der Waals surface area contributed by atoms with Crippen LogP contribution in [0.3, 0.4) is 0 Å². The van der Waals surface area contributed by atoms with Gasteiger partial charge in [0.25, 0.3) is 0 Å². The number of cyclic esters (lactones) is 1. The van der Waals surface area contributed by atoms with E-state index in [9.17, 15) is 9.18 Å². The van der Waals surface area contributed by atoms with Crippen molar-refractivity contribution in [1.82, 2.24) is 0 Å². The summed E-state index contributed by atoms with van der Waals surface area (Å²) in [5.41, 5.74) is 1.95. The van der Waals surface area contributed by atoms with Crippen LogP contribution in [0.1, 0.15) is 23.6 Å². The Morgan fingerprint density at radius 1 is 1.06 bits per heavy atom. The van der Waals surface area contributed by atoms with Crippen LogP contribution in [0.4, 0.5) is 4.39 Å². The van der Waals surface area contributed by atoms with E-state index < -0.39 is 5.97 Å². The van der Waals surface area contributed by atoms with Crippen molar-refractivity contribution in [2.45, 2.75) is 13.5 Å². The third-order valence-corrected chi connectivity index (χ3v) is 5.74. The fraction of sp³-hybridized carbons (Fsp3) is 0.120. The molecule has 33 heavy (non-hydrogen) atoms. The lowest BCUT2D eigenvalue weighted by Gasteiger charge is -2.15. The SMILES string of the molecule is CCOc1cc(/C=C2\N=C(c3cccc(Br)c3)OC2=O)cc(Br)c1OCc1ccccc1F. The average molecular weight is 575 g/mol. The molecule has 5 nitrogen and oxygen atoms in total. The van der Waals surface area contributed by atoms with Crippen molar-refractivity contribution in [3.05, 3.63) is 97.8 Å². The highest BCUT2D eigenvalue weighted by Gasteiger charge is 2.24. The van der Waals surface area contributed by atoms with Gasteiger partial charge < -0.3 is 14.2 Å². The van der Waals surface area contributed by atoms with Crippen LogP contribution in [-0.2, 0) is 16.1 Å². The molecule has 1 aliphatic rings. The number of aliphatic imine (C=N–C) groups is 1. The first-order valence-electron chi connectivity index (χ1n) is 10.1. The molecule has 0 unspecified atom stereocenters. The Balaban J connectivity index is 1.62. The van der Waals surface area contributed by atoms with Gasteiger partial charge in [0, 0.05) is 15.6 Å². The number of benzene rings is 3. The zero-order valence-electron chi connectivity index (χ0n) is 17.5. The first-order valence-corrected chi connectivity index (χ1v) is 11.6. The number of carbonyl (C=O) groups excluding carboxylic acids is 1. The van der Waals surface area contributed by atoms with Gasteiger partial charge in [0.05, 0.1) is 11.1 Å². The van der Waals surface area contributed by atoms with E-state index in [1.165, 1.54) is 6.07 Å². The smallest absolute Gasteiger partial charge is 0.363 e. The molecular formula is C25H18Br2FNO4. The fourth-order valence-corrected chi connectivity index (χ4v) is 4.13. The largest absolute Gasteiger partial charge is 0.490 e. The minimum absolute atomic E-state index is 0.0401. The standard InChI is InChI=1S/C25H18Br2FNO4/c1-2-31-22-12-15(10-19(27)23(22)32-14-17-6-3-4-9-20(17)28)11-21-25(30)33-24(29-21)16-7-5-8-18(26)13-16/h3-13H,2,14H2,1H3/b21-11-. The molecule has 0 saturated carbocycles. The summed E-state index contributed by atoms with van der Waals surface area (Å²) in [6, 6.07) is 17.3. The number of ether oxygens (including phenoxy) is 3. The van der Waals surface area contributed by atoms with Crippen molar-refractivity contribution in [3.8, 4) is 11.5 Å². The number of carbonyl (C=O) groups is 1. The summed E-state index contributed by atoms with van der Waals surface area (Å²) in [6.07, 6.45) is 1.61. The Kier molecular flexibility index (Phi) is 7.25. The topological polar surface area (TPSA) is 57.1 Å². The molecule has 3 aromatic rings. The number of hydrogen-bond donors (Lipinski definition) is 0. The lowest BCUT2D eigenvalue weighted by molar-refractivity contribution is -0.129. The Bertz CT molecular complexity index is 1270. The molecule has 3 aromatic carbocycles. The van der Waals surface area contributed by atoms with Crippen molar-refractivity contribution in [3.63, 3.8) is 0 Å². The van der Waals surface area contributed by atoms with Gasteiger partial charge >= 0.3 is 5.97 Å². The van der Waals surface area contributed by atoms with Crippen molar-refractivity contribution in [2.24, 2.45) is 4.99 Å². The minimum Gasteiger partial charge on any atom is -0.490 e. The van der Waals surface area contributed by atoms with Gasteiger partial charge in [0.15, 0.2) is 17.2 Å². The van der Waals surface area contributed by atoms with E-state index in [2.05, 4.69) is 36.9 Å². The maximum Gasteiger partial charge on any atom is 0.363 e. The number of rotatable bonds is 7. The molecule has 0 N–H and O–H groups in total. The van der Waals surface area contributed by atoms with Crippen LogP contribution in [-0.4, -0.2) is 18.5 Å². The maximum absolute atomic E-state index is 14.0. The molecule has 4 rings (SSSR count). The van der Waals surface area contributed by atoms with E-state index in [1.54, 1.807) is 36.4 Å². The third kappa shape index (κ3) is 5.51. The summed E-state index contributed by atoms with van der Waals surface area (Å²) in [4.78, 5) is 16.7. The molecule has 0 spiro atoms. The molecule has 0 atom stereocenters. The summed E-state index contributed by atoms with van der Waals surface area (Å²) in [6.45, 7) is 2.29. The number of esters is 1. The molecule has 0 aromatic heterocycles. The van der Waals surface area contributed by atoms with Gasteiger partial charge in [-0.25, -0.2) is 14.2 Å². The average Bonchev–Trinajstić information content (AvgIpc) is 3.15. The number of hydrogen-bond acceptors (Lipinski definition) is 5. The summed E-state index contributed by atoms with van der Waals surface area (Å²) < 4.78 is 32.3. The van der Waals surface area contributed by atoms with Crippen LogP contribution in [0.2, 0.25) is 0 Å². The number of nitrogens with zero attached hydrogens (tertiary/aromatic N) is 1. The molecule has 168 valence electrons. The zero-order chi connectivity index (χ0) is 23.4. The molecule has 8 heteroatoms. The van der Waals surface area contributed by atoms with Crippen molar-refractivity contribution in [2.75, 3.05) is 6.61 Å². The van der Waals surface area contributed by atoms with E-state index in [0.29, 0.717) is 39.3 Å². The van der Waals surface area contributed by atoms with Gasteiger partial charge in [-0.05, 0) is 70.9 Å². The van der Waals surface area contributed by atoms with Crippen LogP contribution in [0.5, 0.6) is 11.5 Å². The second-order valence-corrected chi connectivity index (χ2v) is 8.76. The van der Waals surface area contributed by atoms with Gasteiger partial charge in [0.2, 0.25) is 5.90 Å². The molecule has 1 aliphatic heterocycles. The lowest BCUT2D eigenvalue weighted by Crippen LogP contribution is -2.05. The quantitative estimate of drug-likeness (QED) is 0.233. The second-order valence-electron chi connectivity index (χ2n) is 6.99. The second kappa shape index (κ2) is 10.3. The molecule has 1 heterocycles. The van der Waals surface area contributed by atoms with Crippen LogP contribution in [0.15, 0.2) is 80.3 Å². The normalized spacial score (nSPS) is 14.2. The predicted octanol–water partition coefficient (Wildman–Crippen LogP) is 6.67. The Morgan fingerprint density at radius 2 is 1.88 bits per heavy atom. The van der Waals surface area contributed by atoms with Crippen molar-refractivity contribution in [1.29, 1.82) is 0 Å². The molecule has 0 fully saturated rings. The van der Waals surface area contributed by atoms with Crippen LogP contribution >= 0.6 is 31.9 Å². The zero-order valence-corrected chi connectivity index (χ0v) is 20.7. The Labute approximate surface area is 207 Å².